The topological polar surface area (TPSA) is 18.1 Å². The highest BCUT2D eigenvalue weighted by atomic mass is 16.3. The Morgan fingerprint density at radius 2 is 1.10 bits per heavy atom. The molecule has 194 valence electrons. The molecule has 0 bridgehead atoms. The molecular formula is C40H23NO. The second kappa shape index (κ2) is 7.99. The Morgan fingerprint density at radius 1 is 0.405 bits per heavy atom. The van der Waals surface area contributed by atoms with Crippen molar-refractivity contribution >= 4 is 76.1 Å². The molecule has 2 heteroatoms. The van der Waals surface area contributed by atoms with Crippen LogP contribution in [0, 0.1) is 0 Å². The summed E-state index contributed by atoms with van der Waals surface area (Å²) in [6.07, 6.45) is 0. The Bertz CT molecular complexity index is 2650. The van der Waals surface area contributed by atoms with Crippen molar-refractivity contribution in [2.45, 2.75) is 0 Å². The van der Waals surface area contributed by atoms with Crippen LogP contribution in [-0.2, 0) is 0 Å². The lowest BCUT2D eigenvalue weighted by atomic mass is 9.90. The van der Waals surface area contributed by atoms with Crippen LogP contribution in [0.15, 0.2) is 144 Å². The monoisotopic (exact) mass is 533 g/mol. The van der Waals surface area contributed by atoms with E-state index in [4.69, 9.17) is 4.42 Å². The van der Waals surface area contributed by atoms with Crippen molar-refractivity contribution in [3.8, 4) is 16.8 Å². The molecule has 8 aromatic carbocycles. The fraction of sp³-hybridized carbons (Fsp3) is 0. The first-order chi connectivity index (χ1) is 20.8. The van der Waals surface area contributed by atoms with Gasteiger partial charge in [0.1, 0.15) is 11.2 Å². The fourth-order valence-corrected chi connectivity index (χ4v) is 7.29. The summed E-state index contributed by atoms with van der Waals surface area (Å²) in [5, 5.41) is 12.6. The van der Waals surface area contributed by atoms with Crippen molar-refractivity contribution in [3.05, 3.63) is 140 Å². The SMILES string of the molecule is c1cc2ccc3ccc(-c4ccc(-n5c6ccccc6c6c7oc8ccccc8c7ccc65)cc4)c4ccc(c1)c2c34. The van der Waals surface area contributed by atoms with Crippen LogP contribution in [0.2, 0.25) is 0 Å². The highest BCUT2D eigenvalue weighted by Gasteiger charge is 2.19. The summed E-state index contributed by atoms with van der Waals surface area (Å²) in [4.78, 5) is 0. The van der Waals surface area contributed by atoms with E-state index in [0.717, 1.165) is 38.5 Å². The lowest BCUT2D eigenvalue weighted by molar-refractivity contribution is 0.673. The van der Waals surface area contributed by atoms with Crippen molar-refractivity contribution in [2.75, 3.05) is 0 Å². The van der Waals surface area contributed by atoms with E-state index >= 15 is 0 Å². The Morgan fingerprint density at radius 3 is 1.95 bits per heavy atom. The van der Waals surface area contributed by atoms with Crippen LogP contribution in [-0.4, -0.2) is 4.57 Å². The molecule has 42 heavy (non-hydrogen) atoms. The second-order valence-corrected chi connectivity index (χ2v) is 11.3. The van der Waals surface area contributed by atoms with Gasteiger partial charge in [-0.25, -0.2) is 0 Å². The zero-order valence-corrected chi connectivity index (χ0v) is 22.6. The van der Waals surface area contributed by atoms with Crippen molar-refractivity contribution in [1.82, 2.24) is 4.57 Å². The number of fused-ring (bicyclic) bond motifs is 7. The molecule has 2 heterocycles. The van der Waals surface area contributed by atoms with Gasteiger partial charge in [0, 0.05) is 21.8 Å². The van der Waals surface area contributed by atoms with Crippen LogP contribution in [0.5, 0.6) is 0 Å². The van der Waals surface area contributed by atoms with Crippen LogP contribution < -0.4 is 0 Å². The largest absolute Gasteiger partial charge is 0.455 e. The molecule has 0 N–H and O–H groups in total. The van der Waals surface area contributed by atoms with Gasteiger partial charge in [0.2, 0.25) is 0 Å². The third kappa shape index (κ3) is 2.83. The van der Waals surface area contributed by atoms with Crippen LogP contribution in [0.1, 0.15) is 0 Å². The number of benzene rings is 8. The first kappa shape index (κ1) is 22.1. The summed E-state index contributed by atoms with van der Waals surface area (Å²) >= 11 is 0. The minimum absolute atomic E-state index is 0.925. The zero-order valence-electron chi connectivity index (χ0n) is 22.6. The standard InChI is InChI=1S/C40H23NO/c1-3-10-34-33(9-1)39-35(23-22-32-30-8-2-4-11-36(30)42-40(32)39)41(34)28-18-14-24(15-19-28)29-20-16-27-13-12-25-6-5-7-26-17-21-31(29)38(27)37(25)26/h1-23H. The van der Waals surface area contributed by atoms with Gasteiger partial charge in [-0.15, -0.1) is 0 Å². The molecule has 0 amide bonds. The van der Waals surface area contributed by atoms with E-state index < -0.39 is 0 Å². The summed E-state index contributed by atoms with van der Waals surface area (Å²) < 4.78 is 8.84. The lowest BCUT2D eigenvalue weighted by Gasteiger charge is -2.15. The van der Waals surface area contributed by atoms with Crippen molar-refractivity contribution in [2.24, 2.45) is 0 Å². The normalized spacial score (nSPS) is 12.3. The lowest BCUT2D eigenvalue weighted by Crippen LogP contribution is -1.94. The molecule has 0 unspecified atom stereocenters. The van der Waals surface area contributed by atoms with E-state index in [1.54, 1.807) is 0 Å². The Balaban J connectivity index is 1.19. The zero-order chi connectivity index (χ0) is 27.4. The predicted octanol–water partition coefficient (Wildman–Crippen LogP) is 11.2. The van der Waals surface area contributed by atoms with E-state index in [2.05, 4.69) is 138 Å². The Labute approximate surface area is 241 Å². The Hall–Kier alpha value is -5.60. The molecule has 0 radical (unpaired) electrons. The number of furan rings is 1. The highest BCUT2D eigenvalue weighted by Crippen LogP contribution is 2.42. The third-order valence-corrected chi connectivity index (χ3v) is 9.15. The summed E-state index contributed by atoms with van der Waals surface area (Å²) in [5.74, 6) is 0. The van der Waals surface area contributed by atoms with Gasteiger partial charge in [-0.3, -0.25) is 0 Å². The summed E-state index contributed by atoms with van der Waals surface area (Å²) in [5.41, 5.74) is 7.83. The Kier molecular flexibility index (Phi) is 4.21. The minimum Gasteiger partial charge on any atom is -0.455 e. The van der Waals surface area contributed by atoms with Gasteiger partial charge in [-0.2, -0.15) is 0 Å². The predicted molar refractivity (Wildman–Crippen MR) is 177 cm³/mol. The third-order valence-electron chi connectivity index (χ3n) is 9.15. The number of rotatable bonds is 2. The van der Waals surface area contributed by atoms with Crippen molar-refractivity contribution < 1.29 is 4.42 Å². The molecule has 0 aliphatic carbocycles. The molecule has 10 rings (SSSR count). The molecule has 10 aromatic rings. The number of aromatic nitrogens is 1. The van der Waals surface area contributed by atoms with E-state index in [0.29, 0.717) is 0 Å². The van der Waals surface area contributed by atoms with Gasteiger partial charge in [0.05, 0.1) is 16.4 Å². The molecule has 0 aliphatic heterocycles. The van der Waals surface area contributed by atoms with E-state index in [1.165, 1.54) is 54.3 Å². The van der Waals surface area contributed by atoms with Gasteiger partial charge in [0.25, 0.3) is 0 Å². The second-order valence-electron chi connectivity index (χ2n) is 11.3. The fourth-order valence-electron chi connectivity index (χ4n) is 7.29. The molecule has 0 spiro atoms. The molecule has 0 saturated carbocycles. The molecule has 0 aliphatic rings. The van der Waals surface area contributed by atoms with Gasteiger partial charge in [-0.05, 0) is 79.8 Å². The summed E-state index contributed by atoms with van der Waals surface area (Å²) in [6.45, 7) is 0. The highest BCUT2D eigenvalue weighted by molar-refractivity contribution is 6.26. The smallest absolute Gasteiger partial charge is 0.145 e. The molecule has 0 atom stereocenters. The van der Waals surface area contributed by atoms with Crippen LogP contribution in [0.4, 0.5) is 0 Å². The first-order valence-corrected chi connectivity index (χ1v) is 14.4. The van der Waals surface area contributed by atoms with E-state index in [9.17, 15) is 0 Å². The average Bonchev–Trinajstić information content (AvgIpc) is 3.59. The van der Waals surface area contributed by atoms with E-state index in [1.807, 2.05) is 6.07 Å². The summed E-state index contributed by atoms with van der Waals surface area (Å²) in [7, 11) is 0. The summed E-state index contributed by atoms with van der Waals surface area (Å²) in [6, 6.07) is 50.6. The number of nitrogens with zero attached hydrogens (tertiary/aromatic N) is 1. The quantitative estimate of drug-likeness (QED) is 0.202. The minimum atomic E-state index is 0.925. The molecule has 0 fully saturated rings. The van der Waals surface area contributed by atoms with Crippen LogP contribution in [0.25, 0.3) is 92.9 Å². The molecule has 2 nitrogen and oxygen atoms in total. The number of hydrogen-bond donors (Lipinski definition) is 0. The molecular weight excluding hydrogens is 510 g/mol. The maximum absolute atomic E-state index is 6.48. The first-order valence-electron chi connectivity index (χ1n) is 14.4. The van der Waals surface area contributed by atoms with Gasteiger partial charge in [0.15, 0.2) is 0 Å². The van der Waals surface area contributed by atoms with Gasteiger partial charge in [-0.1, -0.05) is 103 Å². The maximum Gasteiger partial charge on any atom is 0.145 e. The maximum atomic E-state index is 6.48. The van der Waals surface area contributed by atoms with Crippen LogP contribution >= 0.6 is 0 Å². The van der Waals surface area contributed by atoms with E-state index in [-0.39, 0.29) is 0 Å². The van der Waals surface area contributed by atoms with Gasteiger partial charge >= 0.3 is 0 Å². The van der Waals surface area contributed by atoms with Crippen molar-refractivity contribution in [1.29, 1.82) is 0 Å². The van der Waals surface area contributed by atoms with Crippen molar-refractivity contribution in [3.63, 3.8) is 0 Å². The number of hydrogen-bond acceptors (Lipinski definition) is 1. The van der Waals surface area contributed by atoms with Gasteiger partial charge < -0.3 is 8.98 Å². The average molecular weight is 534 g/mol. The molecule has 0 saturated heterocycles. The van der Waals surface area contributed by atoms with Crippen LogP contribution in [0.3, 0.4) is 0 Å². The number of para-hydroxylation sites is 2. The molecule has 2 aromatic heterocycles.